The average molecular weight is 285 g/mol. The van der Waals surface area contributed by atoms with Crippen molar-refractivity contribution in [2.45, 2.75) is 20.3 Å². The van der Waals surface area contributed by atoms with Crippen molar-refractivity contribution in [1.29, 1.82) is 0 Å². The molecule has 6 heteroatoms. The quantitative estimate of drug-likeness (QED) is 0.894. The highest BCUT2D eigenvalue weighted by Crippen LogP contribution is 2.24. The zero-order chi connectivity index (χ0) is 14.8. The summed E-state index contributed by atoms with van der Waals surface area (Å²) in [6, 6.07) is 6.85. The van der Waals surface area contributed by atoms with E-state index in [0.717, 1.165) is 11.8 Å². The second-order valence-corrected chi connectivity index (χ2v) is 7.28. The Bertz CT molecular complexity index is 561. The van der Waals surface area contributed by atoms with Crippen LogP contribution in [-0.2, 0) is 21.2 Å². The van der Waals surface area contributed by atoms with Crippen molar-refractivity contribution < 1.29 is 18.3 Å². The topological polar surface area (TPSA) is 74.7 Å². The van der Waals surface area contributed by atoms with Crippen molar-refractivity contribution in [3.63, 3.8) is 0 Å². The lowest BCUT2D eigenvalue weighted by Crippen LogP contribution is -2.26. The molecule has 1 aromatic carbocycles. The maximum atomic E-state index is 11.4. The lowest BCUT2D eigenvalue weighted by molar-refractivity contribution is -0.146. The van der Waals surface area contributed by atoms with E-state index in [1.165, 1.54) is 11.4 Å². The summed E-state index contributed by atoms with van der Waals surface area (Å²) in [4.78, 5) is 11.0. The Labute approximate surface area is 113 Å². The Morgan fingerprint density at radius 3 is 2.11 bits per heavy atom. The number of nitrogens with zero attached hydrogens (tertiary/aromatic N) is 1. The molecule has 0 heterocycles. The molecule has 0 radical (unpaired) electrons. The molecule has 0 aliphatic rings. The van der Waals surface area contributed by atoms with E-state index in [9.17, 15) is 13.2 Å². The van der Waals surface area contributed by atoms with Crippen LogP contribution in [0.4, 0.5) is 5.69 Å². The van der Waals surface area contributed by atoms with Crippen molar-refractivity contribution in [1.82, 2.24) is 0 Å². The molecule has 0 spiro atoms. The third-order valence-electron chi connectivity index (χ3n) is 3.02. The lowest BCUT2D eigenvalue weighted by atomic mass is 9.86. The number of carbonyl (C=O) groups is 1. The normalized spacial score (nSPS) is 12.2. The van der Waals surface area contributed by atoms with Gasteiger partial charge in [0.1, 0.15) is 0 Å². The summed E-state index contributed by atoms with van der Waals surface area (Å²) in [5.41, 5.74) is 0.571. The van der Waals surface area contributed by atoms with E-state index in [0.29, 0.717) is 12.1 Å². The molecule has 1 rings (SSSR count). The molecule has 0 bridgehead atoms. The minimum absolute atomic E-state index is 0.394. The summed E-state index contributed by atoms with van der Waals surface area (Å²) in [6.07, 6.45) is 1.53. The standard InChI is InChI=1S/C13H19NO4S/c1-13(2,12(15)16)9-10-5-7-11(8-6-10)14(3)19(4,17)18/h5-8H,9H2,1-4H3,(H,15,16). The average Bonchev–Trinajstić information content (AvgIpc) is 2.27. The fourth-order valence-electron chi connectivity index (χ4n) is 1.60. The van der Waals surface area contributed by atoms with E-state index in [1.807, 2.05) is 0 Å². The number of anilines is 1. The van der Waals surface area contributed by atoms with Crippen LogP contribution in [0.1, 0.15) is 19.4 Å². The number of hydrogen-bond acceptors (Lipinski definition) is 3. The number of aliphatic carboxylic acids is 1. The van der Waals surface area contributed by atoms with Crippen LogP contribution in [0.3, 0.4) is 0 Å². The molecule has 5 nitrogen and oxygen atoms in total. The molecule has 0 aliphatic heterocycles. The Morgan fingerprint density at radius 2 is 1.74 bits per heavy atom. The van der Waals surface area contributed by atoms with E-state index < -0.39 is 21.4 Å². The smallest absolute Gasteiger partial charge is 0.309 e. The zero-order valence-electron chi connectivity index (χ0n) is 11.5. The van der Waals surface area contributed by atoms with Gasteiger partial charge < -0.3 is 5.11 Å². The van der Waals surface area contributed by atoms with Crippen LogP contribution in [0.15, 0.2) is 24.3 Å². The van der Waals surface area contributed by atoms with Crippen LogP contribution in [0.2, 0.25) is 0 Å². The summed E-state index contributed by atoms with van der Waals surface area (Å²) in [5.74, 6) is -0.857. The van der Waals surface area contributed by atoms with Gasteiger partial charge >= 0.3 is 5.97 Å². The SMILES string of the molecule is CN(c1ccc(CC(C)(C)C(=O)O)cc1)S(C)(=O)=O. The third-order valence-corrected chi connectivity index (χ3v) is 4.23. The first-order valence-electron chi connectivity index (χ1n) is 5.80. The molecular weight excluding hydrogens is 266 g/mol. The highest BCUT2D eigenvalue weighted by atomic mass is 32.2. The van der Waals surface area contributed by atoms with E-state index in [1.54, 1.807) is 38.1 Å². The van der Waals surface area contributed by atoms with Gasteiger partial charge in [0.15, 0.2) is 0 Å². The minimum Gasteiger partial charge on any atom is -0.481 e. The summed E-state index contributed by atoms with van der Waals surface area (Å²) in [7, 11) is -1.80. The van der Waals surface area contributed by atoms with E-state index in [2.05, 4.69) is 0 Å². The number of carboxylic acid groups (broad SMARTS) is 1. The van der Waals surface area contributed by atoms with Crippen molar-refractivity contribution in [2.75, 3.05) is 17.6 Å². The van der Waals surface area contributed by atoms with Crippen LogP contribution < -0.4 is 4.31 Å². The first kappa shape index (κ1) is 15.5. The van der Waals surface area contributed by atoms with Crippen molar-refractivity contribution in [3.05, 3.63) is 29.8 Å². The predicted octanol–water partition coefficient (Wildman–Crippen LogP) is 1.74. The van der Waals surface area contributed by atoms with Gasteiger partial charge in [0, 0.05) is 7.05 Å². The number of hydrogen-bond donors (Lipinski definition) is 1. The Morgan fingerprint density at radius 1 is 1.26 bits per heavy atom. The summed E-state index contributed by atoms with van der Waals surface area (Å²) < 4.78 is 23.9. The highest BCUT2D eigenvalue weighted by Gasteiger charge is 2.27. The van der Waals surface area contributed by atoms with Gasteiger partial charge in [0.25, 0.3) is 0 Å². The molecule has 0 saturated heterocycles. The van der Waals surface area contributed by atoms with Gasteiger partial charge in [-0.2, -0.15) is 0 Å². The number of carboxylic acids is 1. The lowest BCUT2D eigenvalue weighted by Gasteiger charge is -2.20. The van der Waals surface area contributed by atoms with Gasteiger partial charge in [0.05, 0.1) is 17.4 Å². The van der Waals surface area contributed by atoms with E-state index >= 15 is 0 Å². The van der Waals surface area contributed by atoms with Crippen molar-refractivity contribution in [3.8, 4) is 0 Å². The molecule has 0 aliphatic carbocycles. The van der Waals surface area contributed by atoms with Gasteiger partial charge in [0.2, 0.25) is 10.0 Å². The Balaban J connectivity index is 2.92. The highest BCUT2D eigenvalue weighted by molar-refractivity contribution is 7.92. The van der Waals surface area contributed by atoms with Gasteiger partial charge in [-0.3, -0.25) is 9.10 Å². The molecule has 19 heavy (non-hydrogen) atoms. The van der Waals surface area contributed by atoms with Gasteiger partial charge in [-0.25, -0.2) is 8.42 Å². The van der Waals surface area contributed by atoms with Crippen LogP contribution in [0.25, 0.3) is 0 Å². The number of rotatable bonds is 5. The molecule has 0 aromatic heterocycles. The third kappa shape index (κ3) is 3.96. The fourth-order valence-corrected chi connectivity index (χ4v) is 2.11. The summed E-state index contributed by atoms with van der Waals surface area (Å²) in [6.45, 7) is 3.32. The van der Waals surface area contributed by atoms with E-state index in [-0.39, 0.29) is 0 Å². The van der Waals surface area contributed by atoms with Crippen LogP contribution in [-0.4, -0.2) is 32.8 Å². The second-order valence-electron chi connectivity index (χ2n) is 5.26. The van der Waals surface area contributed by atoms with Crippen molar-refractivity contribution in [2.24, 2.45) is 5.41 Å². The largest absolute Gasteiger partial charge is 0.481 e. The molecule has 106 valence electrons. The maximum absolute atomic E-state index is 11.4. The van der Waals surface area contributed by atoms with Gasteiger partial charge in [-0.1, -0.05) is 12.1 Å². The molecule has 0 saturated carbocycles. The molecular formula is C13H19NO4S. The first-order chi connectivity index (χ1) is 8.54. The van der Waals surface area contributed by atoms with Crippen molar-refractivity contribution >= 4 is 21.7 Å². The summed E-state index contributed by atoms with van der Waals surface area (Å²) >= 11 is 0. The summed E-state index contributed by atoms with van der Waals surface area (Å²) in [5, 5.41) is 9.06. The molecule has 1 aromatic rings. The monoisotopic (exact) mass is 285 g/mol. The number of benzene rings is 1. The maximum Gasteiger partial charge on any atom is 0.309 e. The molecule has 0 fully saturated rings. The molecule has 0 unspecified atom stereocenters. The number of sulfonamides is 1. The predicted molar refractivity (Wildman–Crippen MR) is 74.8 cm³/mol. The second kappa shape index (κ2) is 5.21. The van der Waals surface area contributed by atoms with Crippen LogP contribution in [0.5, 0.6) is 0 Å². The zero-order valence-corrected chi connectivity index (χ0v) is 12.4. The van der Waals surface area contributed by atoms with E-state index in [4.69, 9.17) is 5.11 Å². The molecule has 1 N–H and O–H groups in total. The van der Waals surface area contributed by atoms with Gasteiger partial charge in [-0.15, -0.1) is 0 Å². The van der Waals surface area contributed by atoms with Crippen LogP contribution >= 0.6 is 0 Å². The van der Waals surface area contributed by atoms with Gasteiger partial charge in [-0.05, 0) is 38.0 Å². The molecule has 0 amide bonds. The first-order valence-corrected chi connectivity index (χ1v) is 7.65. The van der Waals surface area contributed by atoms with Crippen LogP contribution in [0, 0.1) is 5.41 Å². The Kier molecular flexibility index (Phi) is 4.25. The molecule has 0 atom stereocenters. The minimum atomic E-state index is -3.28. The fraction of sp³-hybridized carbons (Fsp3) is 0.462. The Hall–Kier alpha value is -1.56.